The van der Waals surface area contributed by atoms with Gasteiger partial charge in [-0.05, 0) is 84.8 Å². The quantitative estimate of drug-likeness (QED) is 0.315. The average molecular weight is 518 g/mol. The van der Waals surface area contributed by atoms with Crippen LogP contribution in [0.25, 0.3) is 11.1 Å². The molecule has 0 N–H and O–H groups in total. The van der Waals surface area contributed by atoms with Crippen LogP contribution in [0.4, 0.5) is 0 Å². The molecular formula is C30H35N3O3S. The second-order valence-corrected chi connectivity index (χ2v) is 11.8. The molecule has 0 bridgehead atoms. The Morgan fingerprint density at radius 2 is 1.62 bits per heavy atom. The van der Waals surface area contributed by atoms with Gasteiger partial charge in [-0.1, -0.05) is 50.2 Å². The van der Waals surface area contributed by atoms with Crippen molar-refractivity contribution < 1.29 is 13.2 Å². The molecule has 7 heteroatoms. The van der Waals surface area contributed by atoms with E-state index in [0.717, 1.165) is 54.8 Å². The average Bonchev–Trinajstić information content (AvgIpc) is 3.39. The minimum Gasteiger partial charge on any atom is -0.494 e. The minimum atomic E-state index is -3.56. The van der Waals surface area contributed by atoms with Gasteiger partial charge in [0.25, 0.3) is 0 Å². The fraction of sp³-hybridized carbons (Fsp3) is 0.367. The molecule has 0 spiro atoms. The molecule has 6 nitrogen and oxygen atoms in total. The third kappa shape index (κ3) is 6.40. The smallest absolute Gasteiger partial charge is 0.244 e. The fourth-order valence-electron chi connectivity index (χ4n) is 4.77. The monoisotopic (exact) mass is 517 g/mol. The number of benzene rings is 3. The number of nitrogens with zero attached hydrogens (tertiary/aromatic N) is 3. The first kappa shape index (κ1) is 26.9. The highest BCUT2D eigenvalue weighted by atomic mass is 32.2. The van der Waals surface area contributed by atoms with E-state index >= 15 is 0 Å². The zero-order valence-electron chi connectivity index (χ0n) is 21.8. The van der Waals surface area contributed by atoms with Crippen molar-refractivity contribution in [3.63, 3.8) is 0 Å². The molecule has 1 saturated heterocycles. The van der Waals surface area contributed by atoms with Crippen LogP contribution in [0.3, 0.4) is 0 Å². The van der Waals surface area contributed by atoms with Gasteiger partial charge in [0.15, 0.2) is 0 Å². The standard InChI is InChI=1S/C30H35N3O3S/c1-23(2)25-13-17-29(18-14-25)37(34,35)32(3)30-6-4-19-33(30)20-5-21-36-28-15-11-27(12-16-28)26-9-7-24(22-31)8-10-26/h7-18,23,30H,4-6,19-21H2,1-3H3. The SMILES string of the molecule is CC(C)c1ccc(S(=O)(=O)N(C)C2CCCN2CCCOc2ccc(-c3ccc(C#N)cc3)cc2)cc1. The molecule has 1 aliphatic heterocycles. The Hall–Kier alpha value is -3.18. The van der Waals surface area contributed by atoms with Gasteiger partial charge in [0, 0.05) is 13.6 Å². The van der Waals surface area contributed by atoms with Crippen molar-refractivity contribution in [1.82, 2.24) is 9.21 Å². The highest BCUT2D eigenvalue weighted by molar-refractivity contribution is 7.89. The molecule has 1 fully saturated rings. The zero-order valence-corrected chi connectivity index (χ0v) is 22.6. The Morgan fingerprint density at radius 1 is 1.00 bits per heavy atom. The second-order valence-electron chi connectivity index (χ2n) is 9.82. The van der Waals surface area contributed by atoms with E-state index in [9.17, 15) is 8.42 Å². The van der Waals surface area contributed by atoms with E-state index in [1.54, 1.807) is 19.2 Å². The van der Waals surface area contributed by atoms with E-state index in [4.69, 9.17) is 10.00 Å². The van der Waals surface area contributed by atoms with Gasteiger partial charge >= 0.3 is 0 Å². The molecule has 194 valence electrons. The van der Waals surface area contributed by atoms with Crippen molar-refractivity contribution in [2.24, 2.45) is 0 Å². The molecule has 37 heavy (non-hydrogen) atoms. The molecule has 3 aromatic carbocycles. The van der Waals surface area contributed by atoms with Crippen LogP contribution in [0.15, 0.2) is 77.7 Å². The van der Waals surface area contributed by atoms with Crippen LogP contribution in [0.5, 0.6) is 5.75 Å². The van der Waals surface area contributed by atoms with Gasteiger partial charge in [-0.2, -0.15) is 9.57 Å². The fourth-order valence-corrected chi connectivity index (χ4v) is 6.14. The van der Waals surface area contributed by atoms with Crippen LogP contribution < -0.4 is 4.74 Å². The Morgan fingerprint density at radius 3 is 2.22 bits per heavy atom. The third-order valence-electron chi connectivity index (χ3n) is 7.03. The summed E-state index contributed by atoms with van der Waals surface area (Å²) in [5, 5.41) is 8.96. The lowest BCUT2D eigenvalue weighted by molar-refractivity contribution is 0.149. The summed E-state index contributed by atoms with van der Waals surface area (Å²) >= 11 is 0. The van der Waals surface area contributed by atoms with Crippen LogP contribution in [-0.2, 0) is 10.0 Å². The lowest BCUT2D eigenvalue weighted by atomic mass is 10.0. The predicted molar refractivity (Wildman–Crippen MR) is 147 cm³/mol. The largest absolute Gasteiger partial charge is 0.494 e. The number of hydrogen-bond donors (Lipinski definition) is 0. The molecule has 0 aromatic heterocycles. The Labute approximate surface area is 221 Å². The Bertz CT molecular complexity index is 1310. The van der Waals surface area contributed by atoms with Gasteiger partial charge in [-0.15, -0.1) is 0 Å². The first-order valence-electron chi connectivity index (χ1n) is 12.8. The van der Waals surface area contributed by atoms with E-state index in [-0.39, 0.29) is 6.17 Å². The van der Waals surface area contributed by atoms with Gasteiger partial charge < -0.3 is 4.74 Å². The number of sulfonamides is 1. The van der Waals surface area contributed by atoms with E-state index < -0.39 is 10.0 Å². The maximum atomic E-state index is 13.3. The Balaban J connectivity index is 1.29. The maximum Gasteiger partial charge on any atom is 0.244 e. The van der Waals surface area contributed by atoms with Gasteiger partial charge in [-0.3, -0.25) is 4.90 Å². The second kappa shape index (κ2) is 11.9. The maximum absolute atomic E-state index is 13.3. The normalized spacial score (nSPS) is 16.3. The third-order valence-corrected chi connectivity index (χ3v) is 8.90. The van der Waals surface area contributed by atoms with Crippen molar-refractivity contribution in [3.8, 4) is 22.9 Å². The van der Waals surface area contributed by atoms with E-state index in [1.807, 2.05) is 60.7 Å². The number of likely N-dealkylation sites (tertiary alicyclic amines) is 1. The molecule has 1 atom stereocenters. The van der Waals surface area contributed by atoms with Crippen molar-refractivity contribution >= 4 is 10.0 Å². The van der Waals surface area contributed by atoms with E-state index in [2.05, 4.69) is 24.8 Å². The van der Waals surface area contributed by atoms with Crippen LogP contribution in [0.2, 0.25) is 0 Å². The number of rotatable bonds is 10. The summed E-state index contributed by atoms with van der Waals surface area (Å²) in [6.45, 7) is 6.42. The van der Waals surface area contributed by atoms with Crippen molar-refractivity contribution in [2.45, 2.75) is 50.1 Å². The number of nitriles is 1. The molecule has 0 aliphatic carbocycles. The summed E-state index contributed by atoms with van der Waals surface area (Å²) < 4.78 is 34.1. The predicted octanol–water partition coefficient (Wildman–Crippen LogP) is 5.86. The minimum absolute atomic E-state index is 0.138. The van der Waals surface area contributed by atoms with Crippen LogP contribution in [0.1, 0.15) is 50.2 Å². The number of hydrogen-bond acceptors (Lipinski definition) is 5. The molecule has 0 radical (unpaired) electrons. The molecule has 3 aromatic rings. The van der Waals surface area contributed by atoms with E-state index in [1.165, 1.54) is 4.31 Å². The molecule has 1 unspecified atom stereocenters. The van der Waals surface area contributed by atoms with Gasteiger partial charge in [0.2, 0.25) is 10.0 Å². The molecular weight excluding hydrogens is 482 g/mol. The van der Waals surface area contributed by atoms with Gasteiger partial charge in [0.1, 0.15) is 5.75 Å². The Kier molecular flexibility index (Phi) is 8.65. The van der Waals surface area contributed by atoms with Crippen LogP contribution >= 0.6 is 0 Å². The lowest BCUT2D eigenvalue weighted by Gasteiger charge is -2.31. The van der Waals surface area contributed by atoms with Crippen molar-refractivity contribution in [3.05, 3.63) is 83.9 Å². The highest BCUT2D eigenvalue weighted by Crippen LogP contribution is 2.27. The summed E-state index contributed by atoms with van der Waals surface area (Å²) in [5.74, 6) is 1.17. The summed E-state index contributed by atoms with van der Waals surface area (Å²) in [7, 11) is -1.86. The van der Waals surface area contributed by atoms with Crippen molar-refractivity contribution in [1.29, 1.82) is 5.26 Å². The first-order valence-corrected chi connectivity index (χ1v) is 14.3. The van der Waals surface area contributed by atoms with Gasteiger partial charge in [-0.25, -0.2) is 8.42 Å². The van der Waals surface area contributed by atoms with Crippen LogP contribution in [-0.4, -0.2) is 50.5 Å². The summed E-state index contributed by atoms with van der Waals surface area (Å²) in [6.07, 6.45) is 2.48. The molecule has 0 amide bonds. The summed E-state index contributed by atoms with van der Waals surface area (Å²) in [5.41, 5.74) is 3.90. The molecule has 4 rings (SSSR count). The molecule has 1 heterocycles. The zero-order chi connectivity index (χ0) is 26.4. The summed E-state index contributed by atoms with van der Waals surface area (Å²) in [4.78, 5) is 2.59. The lowest BCUT2D eigenvalue weighted by Crippen LogP contribution is -2.45. The number of ether oxygens (including phenoxy) is 1. The first-order chi connectivity index (χ1) is 17.8. The highest BCUT2D eigenvalue weighted by Gasteiger charge is 2.34. The van der Waals surface area contributed by atoms with E-state index in [0.29, 0.717) is 23.0 Å². The van der Waals surface area contributed by atoms with Crippen molar-refractivity contribution in [2.75, 3.05) is 26.7 Å². The molecule has 1 aliphatic rings. The molecule has 0 saturated carbocycles. The van der Waals surface area contributed by atoms with Gasteiger partial charge in [0.05, 0.1) is 29.3 Å². The summed E-state index contributed by atoms with van der Waals surface area (Å²) in [6, 6.07) is 24.9. The van der Waals surface area contributed by atoms with Crippen LogP contribution in [0, 0.1) is 11.3 Å². The topological polar surface area (TPSA) is 73.6 Å².